The van der Waals surface area contributed by atoms with Crippen molar-refractivity contribution in [1.29, 1.82) is 0 Å². The highest BCUT2D eigenvalue weighted by Gasteiger charge is 2.19. The average molecular weight is 315 g/mol. The van der Waals surface area contributed by atoms with Gasteiger partial charge >= 0.3 is 0 Å². The normalized spacial score (nSPS) is 12.3. The van der Waals surface area contributed by atoms with E-state index in [1.807, 2.05) is 43.4 Å². The summed E-state index contributed by atoms with van der Waals surface area (Å²) in [6.07, 6.45) is 1.81. The molecular formula is C17H21N3O3. The minimum absolute atomic E-state index is 0.241. The number of nitrogens with one attached hydrogen (secondary N) is 1. The second-order valence-electron chi connectivity index (χ2n) is 5.52. The number of ether oxygens (including phenoxy) is 3. The molecule has 0 amide bonds. The Bertz CT molecular complexity index is 689. The van der Waals surface area contributed by atoms with E-state index in [4.69, 9.17) is 14.2 Å². The average Bonchev–Trinajstić information content (AvgIpc) is 3.03. The summed E-state index contributed by atoms with van der Waals surface area (Å²) < 4.78 is 16.2. The van der Waals surface area contributed by atoms with Crippen LogP contribution in [0.3, 0.4) is 0 Å². The third kappa shape index (κ3) is 3.32. The highest BCUT2D eigenvalue weighted by Crippen LogP contribution is 2.41. The number of aromatic nitrogens is 1. The summed E-state index contributed by atoms with van der Waals surface area (Å²) in [6.45, 7) is 1.68. The van der Waals surface area contributed by atoms with Gasteiger partial charge in [0, 0.05) is 38.9 Å². The number of nitrogens with zero attached hydrogens (tertiary/aromatic N) is 2. The van der Waals surface area contributed by atoms with Crippen LogP contribution in [0.5, 0.6) is 17.2 Å². The number of benzene rings is 1. The molecule has 0 aliphatic carbocycles. The second-order valence-corrected chi connectivity index (χ2v) is 5.52. The Morgan fingerprint density at radius 2 is 2.13 bits per heavy atom. The Balaban J connectivity index is 1.68. The third-order valence-electron chi connectivity index (χ3n) is 3.65. The number of pyridine rings is 1. The van der Waals surface area contributed by atoms with Crippen LogP contribution in [-0.4, -0.2) is 33.0 Å². The van der Waals surface area contributed by atoms with Crippen molar-refractivity contribution in [1.82, 2.24) is 10.3 Å². The van der Waals surface area contributed by atoms with Crippen LogP contribution in [0.25, 0.3) is 0 Å². The lowest BCUT2D eigenvalue weighted by Gasteiger charge is -2.16. The van der Waals surface area contributed by atoms with Crippen molar-refractivity contribution in [2.24, 2.45) is 0 Å². The maximum atomic E-state index is 5.45. The minimum atomic E-state index is 0.241. The number of fused-ring (bicyclic) bond motifs is 1. The molecule has 2 aromatic rings. The van der Waals surface area contributed by atoms with Gasteiger partial charge < -0.3 is 24.4 Å². The van der Waals surface area contributed by atoms with E-state index in [2.05, 4.69) is 16.4 Å². The van der Waals surface area contributed by atoms with Crippen LogP contribution in [-0.2, 0) is 13.1 Å². The van der Waals surface area contributed by atoms with Gasteiger partial charge in [-0.05, 0) is 23.8 Å². The fourth-order valence-electron chi connectivity index (χ4n) is 2.60. The van der Waals surface area contributed by atoms with Gasteiger partial charge in [0.05, 0.1) is 7.11 Å². The molecule has 0 atom stereocenters. The van der Waals surface area contributed by atoms with E-state index in [0.29, 0.717) is 18.0 Å². The molecule has 1 aliphatic rings. The summed E-state index contributed by atoms with van der Waals surface area (Å²) >= 11 is 0. The van der Waals surface area contributed by atoms with Gasteiger partial charge in [-0.25, -0.2) is 4.98 Å². The summed E-state index contributed by atoms with van der Waals surface area (Å²) in [5.74, 6) is 3.09. The van der Waals surface area contributed by atoms with Gasteiger partial charge in [0.15, 0.2) is 11.5 Å². The van der Waals surface area contributed by atoms with Crippen LogP contribution in [0.1, 0.15) is 11.1 Å². The smallest absolute Gasteiger partial charge is 0.231 e. The molecule has 3 rings (SSSR count). The van der Waals surface area contributed by atoms with Gasteiger partial charge in [-0.1, -0.05) is 6.07 Å². The Morgan fingerprint density at radius 1 is 1.26 bits per heavy atom. The molecule has 6 heteroatoms. The third-order valence-corrected chi connectivity index (χ3v) is 3.65. The van der Waals surface area contributed by atoms with Gasteiger partial charge in [-0.2, -0.15) is 0 Å². The predicted molar refractivity (Wildman–Crippen MR) is 88.2 cm³/mol. The molecule has 0 saturated heterocycles. The first-order valence-electron chi connectivity index (χ1n) is 7.47. The van der Waals surface area contributed by atoms with Crippen molar-refractivity contribution >= 4 is 5.82 Å². The number of rotatable bonds is 6. The van der Waals surface area contributed by atoms with Gasteiger partial charge in [0.1, 0.15) is 5.82 Å². The first kappa shape index (κ1) is 15.4. The highest BCUT2D eigenvalue weighted by atomic mass is 16.7. The molecule has 6 nitrogen and oxygen atoms in total. The molecule has 1 aromatic carbocycles. The maximum absolute atomic E-state index is 5.45. The lowest BCUT2D eigenvalue weighted by Crippen LogP contribution is -2.18. The van der Waals surface area contributed by atoms with Crippen LogP contribution >= 0.6 is 0 Å². The first-order chi connectivity index (χ1) is 11.2. The first-order valence-corrected chi connectivity index (χ1v) is 7.47. The molecule has 23 heavy (non-hydrogen) atoms. The lowest BCUT2D eigenvalue weighted by molar-refractivity contribution is 0.171. The van der Waals surface area contributed by atoms with Crippen LogP contribution in [0.4, 0.5) is 5.82 Å². The van der Waals surface area contributed by atoms with E-state index in [0.717, 1.165) is 29.2 Å². The van der Waals surface area contributed by atoms with Crippen LogP contribution in [0.2, 0.25) is 0 Å². The van der Waals surface area contributed by atoms with Crippen molar-refractivity contribution in [3.63, 3.8) is 0 Å². The van der Waals surface area contributed by atoms with Crippen LogP contribution in [0, 0.1) is 0 Å². The highest BCUT2D eigenvalue weighted by molar-refractivity contribution is 5.55. The predicted octanol–water partition coefficient (Wildman–Crippen LogP) is 2.17. The van der Waals surface area contributed by atoms with Crippen molar-refractivity contribution in [3.8, 4) is 17.2 Å². The molecule has 1 N–H and O–H groups in total. The second kappa shape index (κ2) is 6.75. The Labute approximate surface area is 136 Å². The molecule has 0 bridgehead atoms. The van der Waals surface area contributed by atoms with E-state index in [1.54, 1.807) is 7.11 Å². The quantitative estimate of drug-likeness (QED) is 0.882. The summed E-state index contributed by atoms with van der Waals surface area (Å²) in [4.78, 5) is 6.42. The SMILES string of the molecule is COc1cc(CNCc2cccnc2N(C)C)cc2c1OCO2. The summed E-state index contributed by atoms with van der Waals surface area (Å²) in [5, 5.41) is 3.44. The van der Waals surface area contributed by atoms with Gasteiger partial charge in [-0.15, -0.1) is 0 Å². The van der Waals surface area contributed by atoms with Gasteiger partial charge in [0.25, 0.3) is 0 Å². The molecule has 0 radical (unpaired) electrons. The van der Waals surface area contributed by atoms with E-state index < -0.39 is 0 Å². The van der Waals surface area contributed by atoms with Crippen molar-refractivity contribution < 1.29 is 14.2 Å². The molecule has 0 spiro atoms. The van der Waals surface area contributed by atoms with Crippen molar-refractivity contribution in [3.05, 3.63) is 41.6 Å². The van der Waals surface area contributed by atoms with E-state index in [1.165, 1.54) is 0 Å². The lowest BCUT2D eigenvalue weighted by atomic mass is 10.1. The number of hydrogen-bond donors (Lipinski definition) is 1. The van der Waals surface area contributed by atoms with Gasteiger partial charge in [-0.3, -0.25) is 0 Å². The zero-order chi connectivity index (χ0) is 16.2. The summed E-state index contributed by atoms with van der Waals surface area (Å²) in [5.41, 5.74) is 2.24. The monoisotopic (exact) mass is 315 g/mol. The number of hydrogen-bond acceptors (Lipinski definition) is 6. The molecule has 1 aromatic heterocycles. The minimum Gasteiger partial charge on any atom is -0.493 e. The molecular weight excluding hydrogens is 294 g/mol. The largest absolute Gasteiger partial charge is 0.493 e. The van der Waals surface area contributed by atoms with E-state index >= 15 is 0 Å². The molecule has 0 unspecified atom stereocenters. The van der Waals surface area contributed by atoms with Crippen molar-refractivity contribution in [2.75, 3.05) is 32.9 Å². The zero-order valence-corrected chi connectivity index (χ0v) is 13.6. The number of anilines is 1. The Hall–Kier alpha value is -2.47. The fraction of sp³-hybridized carbons (Fsp3) is 0.353. The fourth-order valence-corrected chi connectivity index (χ4v) is 2.60. The van der Waals surface area contributed by atoms with E-state index in [-0.39, 0.29) is 6.79 Å². The van der Waals surface area contributed by atoms with Gasteiger partial charge in [0.2, 0.25) is 12.5 Å². The molecule has 1 aliphatic heterocycles. The Kier molecular flexibility index (Phi) is 4.52. The summed E-state index contributed by atoms with van der Waals surface area (Å²) in [7, 11) is 5.62. The molecule has 0 fully saturated rings. The molecule has 122 valence electrons. The zero-order valence-electron chi connectivity index (χ0n) is 13.6. The van der Waals surface area contributed by atoms with Crippen LogP contribution in [0.15, 0.2) is 30.5 Å². The maximum Gasteiger partial charge on any atom is 0.231 e. The Morgan fingerprint density at radius 3 is 2.91 bits per heavy atom. The van der Waals surface area contributed by atoms with Crippen LogP contribution < -0.4 is 24.4 Å². The van der Waals surface area contributed by atoms with E-state index in [9.17, 15) is 0 Å². The molecule has 2 heterocycles. The molecule has 0 saturated carbocycles. The topological polar surface area (TPSA) is 55.9 Å². The standard InChI is InChI=1S/C17H21N3O3/c1-20(2)17-13(5-4-6-19-17)10-18-9-12-7-14(21-3)16-15(8-12)22-11-23-16/h4-8,18H,9-11H2,1-3H3. The summed E-state index contributed by atoms with van der Waals surface area (Å²) in [6, 6.07) is 7.98. The number of methoxy groups -OCH3 is 1. The van der Waals surface area contributed by atoms with Crippen molar-refractivity contribution in [2.45, 2.75) is 13.1 Å².